The molecule has 2 rings (SSSR count). The monoisotopic (exact) mass is 208 g/mol. The molecule has 2 aliphatic rings. The van der Waals surface area contributed by atoms with Crippen molar-refractivity contribution in [1.82, 2.24) is 5.32 Å². The van der Waals surface area contributed by atoms with E-state index in [9.17, 15) is 4.79 Å². The van der Waals surface area contributed by atoms with Crippen LogP contribution in [0.4, 0.5) is 0 Å². The molecule has 82 valence electrons. The van der Waals surface area contributed by atoms with Gasteiger partial charge in [0.15, 0.2) is 0 Å². The van der Waals surface area contributed by atoms with Gasteiger partial charge in [-0.15, -0.1) is 0 Å². The Kier molecular flexibility index (Phi) is 2.92. The molecule has 1 atom stereocenters. The zero-order valence-corrected chi connectivity index (χ0v) is 8.79. The molecule has 1 amide bonds. The highest BCUT2D eigenvalue weighted by molar-refractivity contribution is 5.86. The van der Waals surface area contributed by atoms with E-state index in [4.69, 9.17) is 10.00 Å². The fraction of sp³-hybridized carbons (Fsp3) is 0.818. The number of nitriles is 1. The molecule has 4 heteroatoms. The van der Waals surface area contributed by atoms with E-state index < -0.39 is 5.41 Å². The molecular formula is C11H16N2O2. The molecule has 1 unspecified atom stereocenters. The van der Waals surface area contributed by atoms with Crippen molar-refractivity contribution in [2.45, 2.75) is 38.2 Å². The van der Waals surface area contributed by atoms with Crippen LogP contribution in [0.3, 0.4) is 0 Å². The summed E-state index contributed by atoms with van der Waals surface area (Å²) in [5.41, 5.74) is -0.724. The Morgan fingerprint density at radius 1 is 1.53 bits per heavy atom. The minimum Gasteiger partial charge on any atom is -0.376 e. The number of carbonyl (C=O) groups is 1. The zero-order chi connectivity index (χ0) is 10.7. The standard InChI is InChI=1S/C11H16N2O2/c12-8-11(4-2-5-11)10(14)13-7-9-3-1-6-15-9/h9H,1-7H2,(H,13,14). The van der Waals surface area contributed by atoms with Crippen molar-refractivity contribution in [3.63, 3.8) is 0 Å². The number of hydrogen-bond acceptors (Lipinski definition) is 3. The third-order valence-electron chi connectivity index (χ3n) is 3.37. The van der Waals surface area contributed by atoms with E-state index in [0.29, 0.717) is 19.4 Å². The SMILES string of the molecule is N#CC1(C(=O)NCC2CCCO2)CCC1. The van der Waals surface area contributed by atoms with Crippen LogP contribution in [-0.2, 0) is 9.53 Å². The molecule has 4 nitrogen and oxygen atoms in total. The summed E-state index contributed by atoms with van der Waals surface area (Å²) in [4.78, 5) is 11.7. The molecule has 0 aromatic rings. The first kappa shape index (κ1) is 10.4. The number of nitrogens with zero attached hydrogens (tertiary/aromatic N) is 1. The van der Waals surface area contributed by atoms with E-state index in [1.807, 2.05) is 0 Å². The van der Waals surface area contributed by atoms with Gasteiger partial charge in [-0.3, -0.25) is 4.79 Å². The summed E-state index contributed by atoms with van der Waals surface area (Å²) in [5.74, 6) is -0.105. The van der Waals surface area contributed by atoms with Gasteiger partial charge in [-0.25, -0.2) is 0 Å². The van der Waals surface area contributed by atoms with Crippen LogP contribution in [0.1, 0.15) is 32.1 Å². The van der Waals surface area contributed by atoms with E-state index in [-0.39, 0.29) is 12.0 Å². The highest BCUT2D eigenvalue weighted by atomic mass is 16.5. The minimum atomic E-state index is -0.724. The van der Waals surface area contributed by atoms with E-state index in [1.54, 1.807) is 0 Å². The van der Waals surface area contributed by atoms with Gasteiger partial charge in [-0.05, 0) is 32.1 Å². The fourth-order valence-corrected chi connectivity index (χ4v) is 2.10. The van der Waals surface area contributed by atoms with Crippen LogP contribution >= 0.6 is 0 Å². The van der Waals surface area contributed by atoms with Crippen molar-refractivity contribution in [3.8, 4) is 6.07 Å². The first-order chi connectivity index (χ1) is 7.27. The average molecular weight is 208 g/mol. The lowest BCUT2D eigenvalue weighted by Crippen LogP contribution is -2.46. The van der Waals surface area contributed by atoms with Crippen molar-refractivity contribution >= 4 is 5.91 Å². The molecule has 1 saturated heterocycles. The largest absolute Gasteiger partial charge is 0.376 e. The van der Waals surface area contributed by atoms with E-state index in [2.05, 4.69) is 11.4 Å². The summed E-state index contributed by atoms with van der Waals surface area (Å²) in [6.07, 6.45) is 4.65. The zero-order valence-electron chi connectivity index (χ0n) is 8.79. The smallest absolute Gasteiger partial charge is 0.240 e. The van der Waals surface area contributed by atoms with Gasteiger partial charge in [-0.1, -0.05) is 0 Å². The third-order valence-corrected chi connectivity index (χ3v) is 3.37. The van der Waals surface area contributed by atoms with Crippen LogP contribution < -0.4 is 5.32 Å². The van der Waals surface area contributed by atoms with E-state index in [1.165, 1.54) is 0 Å². The molecule has 2 fully saturated rings. The maximum atomic E-state index is 11.7. The van der Waals surface area contributed by atoms with Crippen LogP contribution in [0.15, 0.2) is 0 Å². The number of hydrogen-bond donors (Lipinski definition) is 1. The Balaban J connectivity index is 1.79. The van der Waals surface area contributed by atoms with Gasteiger partial charge in [-0.2, -0.15) is 5.26 Å². The number of carbonyl (C=O) groups excluding carboxylic acids is 1. The molecule has 0 bridgehead atoms. The summed E-state index contributed by atoms with van der Waals surface area (Å²) in [6.45, 7) is 1.35. The van der Waals surface area contributed by atoms with Crippen LogP contribution in [0.2, 0.25) is 0 Å². The van der Waals surface area contributed by atoms with Gasteiger partial charge >= 0.3 is 0 Å². The Bertz CT molecular complexity index is 285. The van der Waals surface area contributed by atoms with Crippen molar-refractivity contribution in [1.29, 1.82) is 5.26 Å². The summed E-state index contributed by atoms with van der Waals surface area (Å²) in [6, 6.07) is 2.14. The minimum absolute atomic E-state index is 0.105. The van der Waals surface area contributed by atoms with Crippen molar-refractivity contribution in [2.75, 3.05) is 13.2 Å². The highest BCUT2D eigenvalue weighted by Crippen LogP contribution is 2.40. The Hall–Kier alpha value is -1.08. The lowest BCUT2D eigenvalue weighted by molar-refractivity contribution is -0.132. The van der Waals surface area contributed by atoms with Crippen molar-refractivity contribution in [2.24, 2.45) is 5.41 Å². The van der Waals surface area contributed by atoms with E-state index in [0.717, 1.165) is 25.9 Å². The molecule has 1 aliphatic heterocycles. The Labute approximate surface area is 89.6 Å². The predicted octanol–water partition coefficient (Wildman–Crippen LogP) is 0.975. The predicted molar refractivity (Wildman–Crippen MR) is 53.9 cm³/mol. The van der Waals surface area contributed by atoms with Crippen LogP contribution in [-0.4, -0.2) is 25.2 Å². The van der Waals surface area contributed by atoms with Gasteiger partial charge in [0, 0.05) is 13.2 Å². The Morgan fingerprint density at radius 2 is 2.33 bits per heavy atom. The molecule has 1 N–H and O–H groups in total. The van der Waals surface area contributed by atoms with Crippen molar-refractivity contribution < 1.29 is 9.53 Å². The summed E-state index contributed by atoms with van der Waals surface area (Å²) in [7, 11) is 0. The average Bonchev–Trinajstić information content (AvgIpc) is 2.66. The second kappa shape index (κ2) is 4.19. The molecule has 15 heavy (non-hydrogen) atoms. The van der Waals surface area contributed by atoms with Gasteiger partial charge in [0.25, 0.3) is 0 Å². The first-order valence-electron chi connectivity index (χ1n) is 5.58. The lowest BCUT2D eigenvalue weighted by atomic mass is 9.69. The second-order valence-electron chi connectivity index (χ2n) is 4.39. The molecule has 0 aromatic carbocycles. The van der Waals surface area contributed by atoms with E-state index >= 15 is 0 Å². The maximum Gasteiger partial charge on any atom is 0.240 e. The molecule has 1 saturated carbocycles. The summed E-state index contributed by atoms with van der Waals surface area (Å²) >= 11 is 0. The molecule has 0 radical (unpaired) electrons. The number of amides is 1. The van der Waals surface area contributed by atoms with Gasteiger partial charge in [0.2, 0.25) is 5.91 Å². The normalized spacial score (nSPS) is 27.8. The van der Waals surface area contributed by atoms with Gasteiger partial charge in [0.05, 0.1) is 12.2 Å². The van der Waals surface area contributed by atoms with Crippen molar-refractivity contribution in [3.05, 3.63) is 0 Å². The highest BCUT2D eigenvalue weighted by Gasteiger charge is 2.44. The Morgan fingerprint density at radius 3 is 2.80 bits per heavy atom. The number of nitrogens with one attached hydrogen (secondary N) is 1. The van der Waals surface area contributed by atoms with Gasteiger partial charge < -0.3 is 10.1 Å². The number of rotatable bonds is 3. The quantitative estimate of drug-likeness (QED) is 0.751. The topological polar surface area (TPSA) is 62.1 Å². The molecule has 0 aromatic heterocycles. The van der Waals surface area contributed by atoms with Crippen LogP contribution in [0, 0.1) is 16.7 Å². The molecule has 0 spiro atoms. The van der Waals surface area contributed by atoms with Crippen LogP contribution in [0.5, 0.6) is 0 Å². The third kappa shape index (κ3) is 1.98. The summed E-state index contributed by atoms with van der Waals surface area (Å²) < 4.78 is 5.40. The van der Waals surface area contributed by atoms with Crippen LogP contribution in [0.25, 0.3) is 0 Å². The second-order valence-corrected chi connectivity index (χ2v) is 4.39. The summed E-state index contributed by atoms with van der Waals surface area (Å²) in [5, 5.41) is 11.8. The van der Waals surface area contributed by atoms with Gasteiger partial charge in [0.1, 0.15) is 5.41 Å². The first-order valence-corrected chi connectivity index (χ1v) is 5.58. The lowest BCUT2D eigenvalue weighted by Gasteiger charge is -2.33. The molecule has 1 heterocycles. The maximum absolute atomic E-state index is 11.7. The molecule has 1 aliphatic carbocycles. The number of ether oxygens (including phenoxy) is 1. The fourth-order valence-electron chi connectivity index (χ4n) is 2.10. The molecular weight excluding hydrogens is 192 g/mol.